The van der Waals surface area contributed by atoms with E-state index in [1.54, 1.807) is 18.2 Å². The predicted molar refractivity (Wildman–Crippen MR) is 129 cm³/mol. The van der Waals surface area contributed by atoms with Gasteiger partial charge in [0.2, 0.25) is 0 Å². The number of rotatable bonds is 5. The van der Waals surface area contributed by atoms with Crippen LogP contribution in [0.5, 0.6) is 5.75 Å². The van der Waals surface area contributed by atoms with E-state index >= 15 is 0 Å². The van der Waals surface area contributed by atoms with Crippen LogP contribution in [0.3, 0.4) is 0 Å². The zero-order valence-corrected chi connectivity index (χ0v) is 19.0. The van der Waals surface area contributed by atoms with Crippen LogP contribution < -0.4 is 9.64 Å². The molecule has 0 spiro atoms. The minimum absolute atomic E-state index is 0.247. The summed E-state index contributed by atoms with van der Waals surface area (Å²) in [5.41, 5.74) is 2.22. The highest BCUT2D eigenvalue weighted by Crippen LogP contribution is 2.36. The Hall–Kier alpha value is -2.38. The lowest BCUT2D eigenvalue weighted by molar-refractivity contribution is -0.113. The molecule has 31 heavy (non-hydrogen) atoms. The number of carbonyl (C=O) groups excluding carboxylic acids is 1. The molecule has 156 valence electrons. The van der Waals surface area contributed by atoms with Crippen LogP contribution in [-0.2, 0) is 11.4 Å². The molecule has 0 saturated carbocycles. The number of hydrogen-bond donors (Lipinski definition) is 0. The van der Waals surface area contributed by atoms with Crippen molar-refractivity contribution in [1.29, 1.82) is 0 Å². The van der Waals surface area contributed by atoms with Crippen molar-refractivity contribution in [2.45, 2.75) is 6.61 Å². The number of carbonyl (C=O) groups is 1. The monoisotopic (exact) mass is 489 g/mol. The summed E-state index contributed by atoms with van der Waals surface area (Å²) in [7, 11) is 0. The first kappa shape index (κ1) is 21.8. The number of amides is 1. The van der Waals surface area contributed by atoms with E-state index < -0.39 is 0 Å². The maximum Gasteiger partial charge on any atom is 0.270 e. The van der Waals surface area contributed by atoms with E-state index in [9.17, 15) is 9.18 Å². The lowest BCUT2D eigenvalue weighted by Gasteiger charge is -2.14. The van der Waals surface area contributed by atoms with Gasteiger partial charge < -0.3 is 4.74 Å². The lowest BCUT2D eigenvalue weighted by Crippen LogP contribution is -2.27. The second kappa shape index (κ2) is 9.40. The van der Waals surface area contributed by atoms with Crippen LogP contribution in [0, 0.1) is 5.82 Å². The van der Waals surface area contributed by atoms with E-state index in [-0.39, 0.29) is 11.7 Å². The molecule has 3 nitrogen and oxygen atoms in total. The fraction of sp³-hybridized carbons (Fsp3) is 0.0435. The molecule has 1 heterocycles. The van der Waals surface area contributed by atoms with E-state index in [1.165, 1.54) is 40.9 Å². The molecule has 1 aliphatic rings. The first-order chi connectivity index (χ1) is 14.9. The second-order valence-corrected chi connectivity index (χ2v) is 9.09. The highest BCUT2D eigenvalue weighted by molar-refractivity contribution is 8.27. The highest BCUT2D eigenvalue weighted by atomic mass is 35.5. The third kappa shape index (κ3) is 5.10. The summed E-state index contributed by atoms with van der Waals surface area (Å²) in [4.78, 5) is 14.7. The van der Waals surface area contributed by atoms with Crippen LogP contribution in [0.1, 0.15) is 11.1 Å². The molecule has 0 aliphatic carbocycles. The van der Waals surface area contributed by atoms with E-state index in [4.69, 9.17) is 40.2 Å². The van der Waals surface area contributed by atoms with E-state index in [0.717, 1.165) is 11.1 Å². The topological polar surface area (TPSA) is 29.5 Å². The Morgan fingerprint density at radius 1 is 1.03 bits per heavy atom. The van der Waals surface area contributed by atoms with Gasteiger partial charge >= 0.3 is 0 Å². The Morgan fingerprint density at radius 3 is 2.55 bits per heavy atom. The van der Waals surface area contributed by atoms with Gasteiger partial charge in [0.25, 0.3) is 5.91 Å². The smallest absolute Gasteiger partial charge is 0.270 e. The molecule has 0 radical (unpaired) electrons. The summed E-state index contributed by atoms with van der Waals surface area (Å²) in [5, 5.41) is 0.963. The Kier molecular flexibility index (Phi) is 6.62. The molecule has 3 aromatic rings. The minimum atomic E-state index is -0.373. The van der Waals surface area contributed by atoms with Crippen LogP contribution in [0.15, 0.2) is 71.6 Å². The number of anilines is 1. The van der Waals surface area contributed by atoms with Gasteiger partial charge in [-0.2, -0.15) is 0 Å². The lowest BCUT2D eigenvalue weighted by atomic mass is 10.2. The van der Waals surface area contributed by atoms with Crippen LogP contribution in [0.25, 0.3) is 6.08 Å². The number of benzene rings is 3. The van der Waals surface area contributed by atoms with Crippen molar-refractivity contribution in [1.82, 2.24) is 0 Å². The van der Waals surface area contributed by atoms with Crippen LogP contribution in [0.2, 0.25) is 10.0 Å². The first-order valence-corrected chi connectivity index (χ1v) is 11.1. The third-order valence-electron chi connectivity index (χ3n) is 4.42. The molecule has 0 atom stereocenters. The van der Waals surface area contributed by atoms with Crippen molar-refractivity contribution in [2.24, 2.45) is 0 Å². The Balaban J connectivity index is 1.50. The summed E-state index contributed by atoms with van der Waals surface area (Å²) in [6.07, 6.45) is 1.76. The fourth-order valence-electron chi connectivity index (χ4n) is 2.92. The summed E-state index contributed by atoms with van der Waals surface area (Å²) in [6.45, 7) is 0.326. The number of thiocarbonyl (C=S) groups is 1. The number of halogens is 3. The van der Waals surface area contributed by atoms with Crippen molar-refractivity contribution in [3.63, 3.8) is 0 Å². The standard InChI is InChI=1S/C23H14Cl2FNO2S2/c24-19-9-4-15(11-20(19)25)13-29-18-3-1-2-14(10-18)12-21-22(28)27(23(30)31-21)17-7-5-16(26)6-8-17/h1-12H,13H2/b21-12-. The second-order valence-electron chi connectivity index (χ2n) is 6.60. The van der Waals surface area contributed by atoms with Gasteiger partial charge in [-0.1, -0.05) is 65.4 Å². The number of hydrogen-bond acceptors (Lipinski definition) is 4. The van der Waals surface area contributed by atoms with Gasteiger partial charge in [0, 0.05) is 0 Å². The fourth-order valence-corrected chi connectivity index (χ4v) is 4.54. The highest BCUT2D eigenvalue weighted by Gasteiger charge is 2.33. The van der Waals surface area contributed by atoms with Gasteiger partial charge in [0.05, 0.1) is 20.6 Å². The molecule has 0 aromatic heterocycles. The molecular formula is C23H14Cl2FNO2S2. The van der Waals surface area contributed by atoms with Crippen molar-refractivity contribution < 1.29 is 13.9 Å². The molecule has 0 bridgehead atoms. The molecule has 8 heteroatoms. The Morgan fingerprint density at radius 2 is 1.81 bits per heavy atom. The van der Waals surface area contributed by atoms with Gasteiger partial charge in [0.15, 0.2) is 4.32 Å². The molecule has 1 saturated heterocycles. The SMILES string of the molecule is O=C1/C(=C/c2cccc(OCc3ccc(Cl)c(Cl)c3)c2)SC(=S)N1c1ccc(F)cc1. The van der Waals surface area contributed by atoms with Gasteiger partial charge in [0.1, 0.15) is 18.2 Å². The molecule has 0 unspecified atom stereocenters. The normalized spacial score (nSPS) is 15.1. The predicted octanol–water partition coefficient (Wildman–Crippen LogP) is 7.12. The molecule has 1 amide bonds. The minimum Gasteiger partial charge on any atom is -0.489 e. The number of thioether (sulfide) groups is 1. The van der Waals surface area contributed by atoms with E-state index in [0.29, 0.717) is 37.3 Å². The maximum absolute atomic E-state index is 13.2. The van der Waals surface area contributed by atoms with Crippen molar-refractivity contribution in [3.8, 4) is 5.75 Å². The van der Waals surface area contributed by atoms with E-state index in [2.05, 4.69) is 0 Å². The maximum atomic E-state index is 13.2. The van der Waals surface area contributed by atoms with Gasteiger partial charge in [-0.3, -0.25) is 9.69 Å². The molecule has 0 N–H and O–H groups in total. The largest absolute Gasteiger partial charge is 0.489 e. The molecular weight excluding hydrogens is 476 g/mol. The quantitative estimate of drug-likeness (QED) is 0.282. The zero-order valence-electron chi connectivity index (χ0n) is 15.8. The summed E-state index contributed by atoms with van der Waals surface area (Å²) >= 11 is 18.5. The van der Waals surface area contributed by atoms with E-state index in [1.807, 2.05) is 30.3 Å². The summed E-state index contributed by atoms with van der Waals surface area (Å²) in [6, 6.07) is 18.4. The van der Waals surface area contributed by atoms with Crippen molar-refractivity contribution in [3.05, 3.63) is 98.6 Å². The Bertz CT molecular complexity index is 1200. The van der Waals surface area contributed by atoms with Crippen LogP contribution in [-0.4, -0.2) is 10.2 Å². The van der Waals surface area contributed by atoms with Crippen molar-refractivity contribution in [2.75, 3.05) is 4.90 Å². The van der Waals surface area contributed by atoms with Crippen LogP contribution >= 0.6 is 47.2 Å². The number of ether oxygens (including phenoxy) is 1. The van der Waals surface area contributed by atoms with Gasteiger partial charge in [-0.25, -0.2) is 4.39 Å². The van der Waals surface area contributed by atoms with Gasteiger partial charge in [-0.05, 0) is 65.7 Å². The number of nitrogens with zero attached hydrogens (tertiary/aromatic N) is 1. The Labute approximate surface area is 198 Å². The molecule has 1 fully saturated rings. The molecule has 4 rings (SSSR count). The molecule has 3 aromatic carbocycles. The zero-order chi connectivity index (χ0) is 22.0. The molecule has 1 aliphatic heterocycles. The first-order valence-electron chi connectivity index (χ1n) is 9.11. The third-order valence-corrected chi connectivity index (χ3v) is 6.47. The van der Waals surface area contributed by atoms with Gasteiger partial charge in [-0.15, -0.1) is 0 Å². The average Bonchev–Trinajstić information content (AvgIpc) is 3.03. The average molecular weight is 490 g/mol. The summed E-state index contributed by atoms with van der Waals surface area (Å²) < 4.78 is 19.4. The van der Waals surface area contributed by atoms with Crippen LogP contribution in [0.4, 0.5) is 10.1 Å². The van der Waals surface area contributed by atoms with Crippen molar-refractivity contribution >= 4 is 69.2 Å². The summed E-state index contributed by atoms with van der Waals surface area (Å²) in [5.74, 6) is 0.0278.